The van der Waals surface area contributed by atoms with E-state index in [1.165, 1.54) is 11.3 Å². The number of aryl methyl sites for hydroxylation is 2. The lowest BCUT2D eigenvalue weighted by Gasteiger charge is -2.27. The van der Waals surface area contributed by atoms with Gasteiger partial charge < -0.3 is 10.6 Å². The Labute approximate surface area is 146 Å². The molecule has 128 valence electrons. The number of aromatic nitrogens is 1. The van der Waals surface area contributed by atoms with Crippen LogP contribution in [0.2, 0.25) is 0 Å². The van der Waals surface area contributed by atoms with Crippen molar-refractivity contribution in [3.63, 3.8) is 0 Å². The van der Waals surface area contributed by atoms with Gasteiger partial charge in [-0.25, -0.2) is 4.98 Å². The van der Waals surface area contributed by atoms with Gasteiger partial charge in [0, 0.05) is 16.6 Å². The molecule has 0 aliphatic rings. The summed E-state index contributed by atoms with van der Waals surface area (Å²) in [4.78, 5) is 28.9. The van der Waals surface area contributed by atoms with E-state index in [0.717, 1.165) is 22.7 Å². The number of rotatable bonds is 6. The van der Waals surface area contributed by atoms with Gasteiger partial charge in [0.1, 0.15) is 5.01 Å². The average Bonchev–Trinajstić information content (AvgIpc) is 3.00. The highest BCUT2D eigenvalue weighted by Gasteiger charge is 2.29. The second kappa shape index (κ2) is 7.57. The number of nitrogens with one attached hydrogen (secondary N) is 2. The van der Waals surface area contributed by atoms with Crippen LogP contribution in [-0.4, -0.2) is 23.3 Å². The molecule has 5 nitrogen and oxygen atoms in total. The molecule has 24 heavy (non-hydrogen) atoms. The van der Waals surface area contributed by atoms with Crippen molar-refractivity contribution >= 4 is 23.2 Å². The van der Waals surface area contributed by atoms with Gasteiger partial charge in [-0.15, -0.1) is 11.3 Å². The van der Waals surface area contributed by atoms with Crippen LogP contribution in [0.4, 0.5) is 0 Å². The number of amides is 2. The first kappa shape index (κ1) is 18.1. The quantitative estimate of drug-likeness (QED) is 0.845. The van der Waals surface area contributed by atoms with E-state index in [1.807, 2.05) is 45.2 Å². The van der Waals surface area contributed by atoms with Crippen molar-refractivity contribution in [3.8, 4) is 0 Å². The Morgan fingerprint density at radius 1 is 1.25 bits per heavy atom. The van der Waals surface area contributed by atoms with E-state index in [-0.39, 0.29) is 18.4 Å². The molecule has 6 heteroatoms. The van der Waals surface area contributed by atoms with E-state index < -0.39 is 5.54 Å². The largest absolute Gasteiger partial charge is 0.343 e. The lowest BCUT2D eigenvalue weighted by molar-refractivity contribution is -0.122. The van der Waals surface area contributed by atoms with Crippen LogP contribution in [0.15, 0.2) is 29.6 Å². The first-order valence-electron chi connectivity index (χ1n) is 7.93. The fraction of sp³-hybridized carbons (Fsp3) is 0.389. The number of carbonyl (C=O) groups is 2. The highest BCUT2D eigenvalue weighted by molar-refractivity contribution is 7.09. The third-order valence-electron chi connectivity index (χ3n) is 4.01. The molecule has 1 heterocycles. The van der Waals surface area contributed by atoms with E-state index >= 15 is 0 Å². The number of thiazole rings is 1. The van der Waals surface area contributed by atoms with Gasteiger partial charge in [-0.1, -0.05) is 25.1 Å². The highest BCUT2D eigenvalue weighted by Crippen LogP contribution is 2.27. The van der Waals surface area contributed by atoms with E-state index in [1.54, 1.807) is 12.1 Å². The summed E-state index contributed by atoms with van der Waals surface area (Å²) in [6.45, 7) is 7.69. The summed E-state index contributed by atoms with van der Waals surface area (Å²) in [5, 5.41) is 8.51. The van der Waals surface area contributed by atoms with Crippen LogP contribution in [0.25, 0.3) is 0 Å². The number of benzene rings is 1. The van der Waals surface area contributed by atoms with Crippen LogP contribution in [-0.2, 0) is 10.3 Å². The molecule has 1 aromatic carbocycles. The van der Waals surface area contributed by atoms with Crippen LogP contribution in [0.3, 0.4) is 0 Å². The fourth-order valence-corrected chi connectivity index (χ4v) is 3.32. The first-order chi connectivity index (χ1) is 11.4. The van der Waals surface area contributed by atoms with Crippen LogP contribution in [0, 0.1) is 13.8 Å². The first-order valence-corrected chi connectivity index (χ1v) is 8.81. The second-order valence-corrected chi connectivity index (χ2v) is 6.88. The van der Waals surface area contributed by atoms with Gasteiger partial charge in [-0.05, 0) is 38.8 Å². The van der Waals surface area contributed by atoms with Crippen molar-refractivity contribution in [3.05, 3.63) is 51.5 Å². The van der Waals surface area contributed by atoms with Crippen molar-refractivity contribution in [2.75, 3.05) is 6.54 Å². The van der Waals surface area contributed by atoms with E-state index in [0.29, 0.717) is 5.56 Å². The number of hydrogen-bond acceptors (Lipinski definition) is 4. The van der Waals surface area contributed by atoms with Gasteiger partial charge in [-0.2, -0.15) is 0 Å². The number of hydrogen-bond donors (Lipinski definition) is 2. The molecule has 0 aliphatic heterocycles. The van der Waals surface area contributed by atoms with Crippen molar-refractivity contribution in [2.24, 2.45) is 0 Å². The summed E-state index contributed by atoms with van der Waals surface area (Å²) in [6, 6.07) is 7.30. The minimum absolute atomic E-state index is 0.0624. The third-order valence-corrected chi connectivity index (χ3v) is 5.24. The summed E-state index contributed by atoms with van der Waals surface area (Å²) in [5.74, 6) is -0.472. The summed E-state index contributed by atoms with van der Waals surface area (Å²) in [5.41, 5.74) is 1.88. The van der Waals surface area contributed by atoms with Gasteiger partial charge in [0.05, 0.1) is 12.1 Å². The molecule has 0 bridgehead atoms. The van der Waals surface area contributed by atoms with Crippen LogP contribution < -0.4 is 10.6 Å². The Morgan fingerprint density at radius 3 is 2.54 bits per heavy atom. The van der Waals surface area contributed by atoms with Crippen molar-refractivity contribution in [2.45, 2.75) is 39.7 Å². The van der Waals surface area contributed by atoms with Gasteiger partial charge in [0.2, 0.25) is 5.91 Å². The Bertz CT molecular complexity index is 741. The van der Waals surface area contributed by atoms with E-state index in [9.17, 15) is 9.59 Å². The van der Waals surface area contributed by atoms with Crippen molar-refractivity contribution in [1.29, 1.82) is 0 Å². The Balaban J connectivity index is 1.97. The molecule has 2 aromatic rings. The third kappa shape index (κ3) is 4.20. The predicted octanol–water partition coefficient (Wildman–Crippen LogP) is 2.93. The Morgan fingerprint density at radius 2 is 1.96 bits per heavy atom. The molecule has 0 spiro atoms. The molecule has 0 saturated heterocycles. The maximum atomic E-state index is 12.3. The molecule has 0 aliphatic carbocycles. The zero-order chi connectivity index (χ0) is 17.7. The standard InChI is InChI=1S/C18H23N3O2S/c1-5-18(4,17-20-13(3)11-24-17)21-15(22)10-19-16(23)14-9-7-6-8-12(14)2/h6-9,11H,5,10H2,1-4H3,(H,19,23)(H,21,22)/t18-/m1/s1. The molecule has 0 fully saturated rings. The summed E-state index contributed by atoms with van der Waals surface area (Å²) in [6.07, 6.45) is 0.720. The normalized spacial score (nSPS) is 13.2. The van der Waals surface area contributed by atoms with Crippen molar-refractivity contribution in [1.82, 2.24) is 15.6 Å². The monoisotopic (exact) mass is 345 g/mol. The van der Waals surface area contributed by atoms with Gasteiger partial charge in [-0.3, -0.25) is 9.59 Å². The molecule has 0 unspecified atom stereocenters. The molecule has 0 radical (unpaired) electrons. The maximum absolute atomic E-state index is 12.3. The van der Waals surface area contributed by atoms with Gasteiger partial charge in [0.15, 0.2) is 0 Å². The summed E-state index contributed by atoms with van der Waals surface area (Å²) >= 11 is 1.53. The molecule has 1 atom stereocenters. The Hall–Kier alpha value is -2.21. The average molecular weight is 345 g/mol. The number of nitrogens with zero attached hydrogens (tertiary/aromatic N) is 1. The minimum Gasteiger partial charge on any atom is -0.343 e. The summed E-state index contributed by atoms with van der Waals surface area (Å²) in [7, 11) is 0. The minimum atomic E-state index is -0.524. The zero-order valence-electron chi connectivity index (χ0n) is 14.5. The molecular weight excluding hydrogens is 322 g/mol. The SMILES string of the molecule is CC[C@@](C)(NC(=O)CNC(=O)c1ccccc1C)c1nc(C)cs1. The zero-order valence-corrected chi connectivity index (χ0v) is 15.3. The molecule has 2 amide bonds. The molecule has 2 rings (SSSR count). The molecule has 1 aromatic heterocycles. The smallest absolute Gasteiger partial charge is 0.251 e. The predicted molar refractivity (Wildman–Crippen MR) is 96.1 cm³/mol. The molecule has 2 N–H and O–H groups in total. The Kier molecular flexibility index (Phi) is 5.72. The highest BCUT2D eigenvalue weighted by atomic mass is 32.1. The molecule has 0 saturated carbocycles. The van der Waals surface area contributed by atoms with Crippen molar-refractivity contribution < 1.29 is 9.59 Å². The summed E-state index contributed by atoms with van der Waals surface area (Å²) < 4.78 is 0. The fourth-order valence-electron chi connectivity index (χ4n) is 2.34. The second-order valence-electron chi connectivity index (χ2n) is 6.03. The van der Waals surface area contributed by atoms with Crippen LogP contribution in [0.1, 0.15) is 46.9 Å². The maximum Gasteiger partial charge on any atom is 0.251 e. The lowest BCUT2D eigenvalue weighted by Crippen LogP contribution is -2.47. The van der Waals surface area contributed by atoms with Gasteiger partial charge >= 0.3 is 0 Å². The lowest BCUT2D eigenvalue weighted by atomic mass is 10.00. The van der Waals surface area contributed by atoms with Crippen LogP contribution in [0.5, 0.6) is 0 Å². The van der Waals surface area contributed by atoms with E-state index in [4.69, 9.17) is 0 Å². The molecular formula is C18H23N3O2S. The van der Waals surface area contributed by atoms with E-state index in [2.05, 4.69) is 15.6 Å². The van der Waals surface area contributed by atoms with Crippen LogP contribution >= 0.6 is 11.3 Å². The van der Waals surface area contributed by atoms with Gasteiger partial charge in [0.25, 0.3) is 5.91 Å². The topological polar surface area (TPSA) is 71.1 Å². The number of carbonyl (C=O) groups excluding carboxylic acids is 2.